The molecule has 0 radical (unpaired) electrons. The molecule has 1 N–H and O–H groups in total. The minimum Gasteiger partial charge on any atom is -0.452 e. The zero-order valence-electron chi connectivity index (χ0n) is 17.9. The van der Waals surface area contributed by atoms with E-state index in [0.717, 1.165) is 38.5 Å². The van der Waals surface area contributed by atoms with Crippen molar-refractivity contribution in [3.8, 4) is 0 Å². The molecule has 31 heavy (non-hydrogen) atoms. The third-order valence-electron chi connectivity index (χ3n) is 6.23. The summed E-state index contributed by atoms with van der Waals surface area (Å²) in [5.74, 6) is -1.57. The lowest BCUT2D eigenvalue weighted by Gasteiger charge is -2.48. The maximum absolute atomic E-state index is 13.4. The summed E-state index contributed by atoms with van der Waals surface area (Å²) in [6, 6.07) is 6.76. The Kier molecular flexibility index (Phi) is 5.98. The summed E-state index contributed by atoms with van der Waals surface area (Å²) >= 11 is 0. The van der Waals surface area contributed by atoms with Crippen LogP contribution in [-0.4, -0.2) is 53.4 Å². The van der Waals surface area contributed by atoms with Gasteiger partial charge >= 0.3 is 5.97 Å². The second-order valence-electron chi connectivity index (χ2n) is 8.46. The number of ether oxygens (including phenoxy) is 1. The van der Waals surface area contributed by atoms with Gasteiger partial charge in [-0.15, -0.1) is 0 Å². The molecule has 3 amide bonds. The summed E-state index contributed by atoms with van der Waals surface area (Å²) in [5.41, 5.74) is -0.660. The molecule has 0 unspecified atom stereocenters. The van der Waals surface area contributed by atoms with Gasteiger partial charge in [-0.1, -0.05) is 38.3 Å². The number of carbonyl (C=O) groups excluding carboxylic acids is 4. The zero-order valence-corrected chi connectivity index (χ0v) is 17.9. The SMILES string of the molecule is CCCCCCNC(=O)COC(=O)[C@]12CCC(=O)N1c1ccccc1C(=O)N2C1CC1. The van der Waals surface area contributed by atoms with Crippen molar-refractivity contribution >= 4 is 29.4 Å². The van der Waals surface area contributed by atoms with Crippen LogP contribution in [0, 0.1) is 0 Å². The van der Waals surface area contributed by atoms with E-state index < -0.39 is 18.2 Å². The molecule has 4 rings (SSSR count). The molecule has 1 aromatic carbocycles. The summed E-state index contributed by atoms with van der Waals surface area (Å²) < 4.78 is 5.41. The number of para-hydroxylation sites is 1. The number of esters is 1. The van der Waals surface area contributed by atoms with Crippen molar-refractivity contribution in [2.24, 2.45) is 0 Å². The van der Waals surface area contributed by atoms with Gasteiger partial charge in [0.2, 0.25) is 11.6 Å². The third kappa shape index (κ3) is 3.79. The second-order valence-corrected chi connectivity index (χ2v) is 8.46. The van der Waals surface area contributed by atoms with E-state index >= 15 is 0 Å². The number of nitrogens with one attached hydrogen (secondary N) is 1. The first-order chi connectivity index (χ1) is 15.0. The molecular weight excluding hydrogens is 398 g/mol. The molecule has 0 bridgehead atoms. The van der Waals surface area contributed by atoms with E-state index in [1.54, 1.807) is 24.3 Å². The van der Waals surface area contributed by atoms with E-state index in [1.807, 2.05) is 0 Å². The largest absolute Gasteiger partial charge is 0.452 e. The highest BCUT2D eigenvalue weighted by Crippen LogP contribution is 2.49. The molecule has 1 saturated heterocycles. The first-order valence-electron chi connectivity index (χ1n) is 11.2. The van der Waals surface area contributed by atoms with E-state index in [9.17, 15) is 19.2 Å². The number of unbranched alkanes of at least 4 members (excludes halogenated alkanes) is 3. The Bertz CT molecular complexity index is 897. The molecular formula is C23H29N3O5. The summed E-state index contributed by atoms with van der Waals surface area (Å²) in [4.78, 5) is 54.7. The Morgan fingerprint density at radius 3 is 2.68 bits per heavy atom. The van der Waals surface area contributed by atoms with Crippen molar-refractivity contribution in [1.29, 1.82) is 0 Å². The number of nitrogens with zero attached hydrogens (tertiary/aromatic N) is 2. The molecule has 166 valence electrons. The van der Waals surface area contributed by atoms with Gasteiger partial charge < -0.3 is 15.0 Å². The highest BCUT2D eigenvalue weighted by molar-refractivity contribution is 6.15. The van der Waals surface area contributed by atoms with E-state index in [1.165, 1.54) is 9.80 Å². The van der Waals surface area contributed by atoms with Gasteiger partial charge in [0, 0.05) is 25.4 Å². The summed E-state index contributed by atoms with van der Waals surface area (Å²) in [6.45, 7) is 2.23. The Labute approximate surface area is 181 Å². The topological polar surface area (TPSA) is 96.0 Å². The monoisotopic (exact) mass is 427 g/mol. The van der Waals surface area contributed by atoms with E-state index in [4.69, 9.17) is 4.74 Å². The van der Waals surface area contributed by atoms with Gasteiger partial charge in [0.1, 0.15) is 0 Å². The average molecular weight is 428 g/mol. The van der Waals surface area contributed by atoms with Gasteiger partial charge in [-0.25, -0.2) is 4.79 Å². The zero-order chi connectivity index (χ0) is 22.0. The van der Waals surface area contributed by atoms with Gasteiger partial charge in [0.05, 0.1) is 11.3 Å². The Hall–Kier alpha value is -2.90. The number of amides is 3. The Morgan fingerprint density at radius 1 is 1.16 bits per heavy atom. The van der Waals surface area contributed by atoms with Crippen LogP contribution in [0.25, 0.3) is 0 Å². The van der Waals surface area contributed by atoms with Gasteiger partial charge in [-0.05, 0) is 31.4 Å². The van der Waals surface area contributed by atoms with E-state index in [2.05, 4.69) is 12.2 Å². The van der Waals surface area contributed by atoms with Crippen molar-refractivity contribution < 1.29 is 23.9 Å². The standard InChI is InChI=1S/C23H29N3O5/c1-2-3-4-7-14-24-19(27)15-31-22(30)23-13-12-20(28)26(23)18-9-6-5-8-17(18)21(29)25(23)16-10-11-16/h5-6,8-9,16H,2-4,7,10-15H2,1H3,(H,24,27)/t23-/m0/s1. The van der Waals surface area contributed by atoms with Crippen LogP contribution in [0.2, 0.25) is 0 Å². The minimum absolute atomic E-state index is 0.103. The van der Waals surface area contributed by atoms with Crippen LogP contribution < -0.4 is 10.2 Å². The minimum atomic E-state index is -1.51. The number of hydrogen-bond acceptors (Lipinski definition) is 5. The van der Waals surface area contributed by atoms with Crippen LogP contribution in [0.3, 0.4) is 0 Å². The lowest BCUT2D eigenvalue weighted by molar-refractivity contribution is -0.160. The van der Waals surface area contributed by atoms with Crippen LogP contribution in [-0.2, 0) is 19.1 Å². The van der Waals surface area contributed by atoms with Crippen molar-refractivity contribution in [2.75, 3.05) is 18.1 Å². The fourth-order valence-corrected chi connectivity index (χ4v) is 4.59. The molecule has 8 heteroatoms. The van der Waals surface area contributed by atoms with Crippen LogP contribution in [0.5, 0.6) is 0 Å². The predicted molar refractivity (Wildman–Crippen MR) is 113 cm³/mol. The predicted octanol–water partition coefficient (Wildman–Crippen LogP) is 2.37. The number of fused-ring (bicyclic) bond motifs is 3. The number of rotatable bonds is 9. The van der Waals surface area contributed by atoms with Crippen molar-refractivity contribution in [2.45, 2.75) is 70.0 Å². The van der Waals surface area contributed by atoms with Gasteiger partial charge in [0.15, 0.2) is 6.61 Å². The van der Waals surface area contributed by atoms with Gasteiger partial charge in [-0.2, -0.15) is 0 Å². The molecule has 2 heterocycles. The fourth-order valence-electron chi connectivity index (χ4n) is 4.59. The first-order valence-corrected chi connectivity index (χ1v) is 11.2. The molecule has 8 nitrogen and oxygen atoms in total. The maximum Gasteiger partial charge on any atom is 0.354 e. The van der Waals surface area contributed by atoms with Crippen LogP contribution in [0.15, 0.2) is 24.3 Å². The normalized spacial score (nSPS) is 22.2. The highest BCUT2D eigenvalue weighted by Gasteiger charge is 2.64. The highest BCUT2D eigenvalue weighted by atomic mass is 16.5. The van der Waals surface area contributed by atoms with Crippen molar-refractivity contribution in [3.05, 3.63) is 29.8 Å². The molecule has 1 saturated carbocycles. The Morgan fingerprint density at radius 2 is 1.94 bits per heavy atom. The fraction of sp³-hybridized carbons (Fsp3) is 0.565. The maximum atomic E-state index is 13.4. The molecule has 1 atom stereocenters. The molecule has 2 aliphatic heterocycles. The number of benzene rings is 1. The molecule has 2 fully saturated rings. The van der Waals surface area contributed by atoms with Crippen molar-refractivity contribution in [1.82, 2.24) is 10.2 Å². The van der Waals surface area contributed by atoms with E-state index in [0.29, 0.717) is 17.8 Å². The number of hydrogen-bond donors (Lipinski definition) is 1. The lowest BCUT2D eigenvalue weighted by Crippen LogP contribution is -2.69. The van der Waals surface area contributed by atoms with Crippen molar-refractivity contribution in [3.63, 3.8) is 0 Å². The second kappa shape index (κ2) is 8.69. The molecule has 1 aromatic rings. The van der Waals surface area contributed by atoms with Gasteiger partial charge in [0.25, 0.3) is 11.8 Å². The van der Waals surface area contributed by atoms with Crippen LogP contribution in [0.1, 0.15) is 68.6 Å². The number of carbonyl (C=O) groups is 4. The smallest absolute Gasteiger partial charge is 0.354 e. The van der Waals surface area contributed by atoms with Crippen LogP contribution >= 0.6 is 0 Å². The third-order valence-corrected chi connectivity index (χ3v) is 6.23. The quantitative estimate of drug-likeness (QED) is 0.482. The summed E-state index contributed by atoms with van der Waals surface area (Å²) in [6.07, 6.45) is 6.01. The molecule has 0 spiro atoms. The van der Waals surface area contributed by atoms with Gasteiger partial charge in [-0.3, -0.25) is 19.3 Å². The number of anilines is 1. The molecule has 3 aliphatic rings. The summed E-state index contributed by atoms with van der Waals surface area (Å²) in [5, 5.41) is 2.76. The van der Waals surface area contributed by atoms with E-state index in [-0.39, 0.29) is 36.6 Å². The summed E-state index contributed by atoms with van der Waals surface area (Å²) in [7, 11) is 0. The lowest BCUT2D eigenvalue weighted by atomic mass is 9.96. The Balaban J connectivity index is 1.52. The molecule has 1 aliphatic carbocycles. The average Bonchev–Trinajstić information content (AvgIpc) is 3.54. The first kappa shape index (κ1) is 21.3. The molecule has 0 aromatic heterocycles. The van der Waals surface area contributed by atoms with Crippen LogP contribution in [0.4, 0.5) is 5.69 Å².